The van der Waals surface area contributed by atoms with E-state index < -0.39 is 17.0 Å². The molecule has 1 heterocycles. The first-order valence-corrected chi connectivity index (χ1v) is 12.3. The summed E-state index contributed by atoms with van der Waals surface area (Å²) in [5.41, 5.74) is 1.50. The van der Waals surface area contributed by atoms with E-state index in [0.717, 1.165) is 35.0 Å². The maximum absolute atomic E-state index is 13.2. The van der Waals surface area contributed by atoms with Crippen molar-refractivity contribution in [2.45, 2.75) is 30.8 Å². The molecule has 1 atom stereocenters. The Morgan fingerprint density at radius 2 is 1.53 bits per heavy atom. The van der Waals surface area contributed by atoms with Gasteiger partial charge in [0.25, 0.3) is 0 Å². The number of rotatable bonds is 8. The van der Waals surface area contributed by atoms with Crippen LogP contribution in [0.15, 0.2) is 89.9 Å². The van der Waals surface area contributed by atoms with Crippen LogP contribution in [0.25, 0.3) is 0 Å². The van der Waals surface area contributed by atoms with Gasteiger partial charge in [-0.3, -0.25) is 14.5 Å². The van der Waals surface area contributed by atoms with E-state index in [1.54, 1.807) is 0 Å². The number of benzene rings is 3. The van der Waals surface area contributed by atoms with Gasteiger partial charge in [-0.15, -0.1) is 0 Å². The fourth-order valence-corrected chi connectivity index (χ4v) is 4.86. The van der Waals surface area contributed by atoms with E-state index in [9.17, 15) is 22.8 Å². The van der Waals surface area contributed by atoms with Crippen molar-refractivity contribution < 1.29 is 22.8 Å². The summed E-state index contributed by atoms with van der Waals surface area (Å²) in [5.74, 6) is -0.500. The highest BCUT2D eigenvalue weighted by Gasteiger charge is 2.39. The molecule has 0 saturated carbocycles. The predicted molar refractivity (Wildman–Crippen MR) is 135 cm³/mol. The first kappa shape index (κ1) is 25.5. The molecular weight excluding hydrogens is 487 g/mol. The Morgan fingerprint density at radius 3 is 2.14 bits per heavy atom. The van der Waals surface area contributed by atoms with Gasteiger partial charge < -0.3 is 5.32 Å². The molecule has 186 valence electrons. The minimum absolute atomic E-state index is 0.0182. The average molecular weight is 512 g/mol. The molecule has 1 aliphatic heterocycles. The Morgan fingerprint density at radius 1 is 0.917 bits per heavy atom. The Balaban J connectivity index is 1.46. The minimum atomic E-state index is -4.44. The number of hydrogen-bond donors (Lipinski definition) is 1. The second kappa shape index (κ2) is 11.4. The third-order valence-electron chi connectivity index (χ3n) is 5.57. The van der Waals surface area contributed by atoms with Crippen LogP contribution in [0.3, 0.4) is 0 Å². The van der Waals surface area contributed by atoms with Gasteiger partial charge >= 0.3 is 6.18 Å². The molecule has 3 aromatic carbocycles. The van der Waals surface area contributed by atoms with E-state index in [-0.39, 0.29) is 24.8 Å². The maximum atomic E-state index is 13.2. The summed E-state index contributed by atoms with van der Waals surface area (Å²) in [7, 11) is 0. The Hall–Kier alpha value is -3.59. The lowest BCUT2D eigenvalue weighted by molar-refractivity contribution is -0.137. The summed E-state index contributed by atoms with van der Waals surface area (Å²) in [6.45, 7) is 0.701. The molecule has 1 saturated heterocycles. The molecule has 0 bridgehead atoms. The van der Waals surface area contributed by atoms with E-state index in [2.05, 4.69) is 10.3 Å². The van der Waals surface area contributed by atoms with Crippen LogP contribution >= 0.6 is 11.8 Å². The van der Waals surface area contributed by atoms with Crippen LogP contribution in [0.1, 0.15) is 23.1 Å². The molecule has 2 amide bonds. The maximum Gasteiger partial charge on any atom is 0.416 e. The second-order valence-corrected chi connectivity index (χ2v) is 9.42. The highest BCUT2D eigenvalue weighted by Crippen LogP contribution is 2.34. The lowest BCUT2D eigenvalue weighted by atomic mass is 10.1. The van der Waals surface area contributed by atoms with Crippen molar-refractivity contribution in [1.29, 1.82) is 0 Å². The Labute approximate surface area is 211 Å². The third kappa shape index (κ3) is 6.75. The molecule has 0 spiro atoms. The van der Waals surface area contributed by atoms with Crippen LogP contribution in [0.4, 0.5) is 18.9 Å². The zero-order valence-electron chi connectivity index (χ0n) is 19.2. The van der Waals surface area contributed by atoms with Crippen LogP contribution in [0, 0.1) is 0 Å². The number of aliphatic imine (C=N–C) groups is 1. The van der Waals surface area contributed by atoms with Gasteiger partial charge in [-0.25, -0.2) is 4.99 Å². The summed E-state index contributed by atoms with van der Waals surface area (Å²) in [5, 5.41) is 2.54. The number of hydrogen-bond acceptors (Lipinski definition) is 4. The number of amidine groups is 1. The summed E-state index contributed by atoms with van der Waals surface area (Å²) >= 11 is 1.15. The monoisotopic (exact) mass is 511 g/mol. The fraction of sp³-hybridized carbons (Fsp3) is 0.222. The van der Waals surface area contributed by atoms with Gasteiger partial charge in [-0.05, 0) is 41.8 Å². The van der Waals surface area contributed by atoms with Crippen molar-refractivity contribution in [2.75, 3.05) is 6.54 Å². The minimum Gasteiger partial charge on any atom is -0.356 e. The molecule has 9 heteroatoms. The lowest BCUT2D eigenvalue weighted by Gasteiger charge is -2.16. The topological polar surface area (TPSA) is 61.8 Å². The molecule has 4 rings (SSSR count). The van der Waals surface area contributed by atoms with Crippen molar-refractivity contribution in [3.05, 3.63) is 102 Å². The Bertz CT molecular complexity index is 1220. The van der Waals surface area contributed by atoms with Crippen molar-refractivity contribution in [3.63, 3.8) is 0 Å². The third-order valence-corrected chi connectivity index (χ3v) is 6.75. The molecule has 1 aliphatic rings. The number of carbonyl (C=O) groups is 2. The molecule has 0 aromatic heterocycles. The van der Waals surface area contributed by atoms with E-state index in [1.165, 1.54) is 17.0 Å². The van der Waals surface area contributed by atoms with Gasteiger partial charge in [0.1, 0.15) is 5.25 Å². The van der Waals surface area contributed by atoms with Crippen molar-refractivity contribution in [1.82, 2.24) is 10.2 Å². The molecule has 1 fully saturated rings. The number of carbonyl (C=O) groups excluding carboxylic acids is 2. The van der Waals surface area contributed by atoms with Crippen molar-refractivity contribution in [3.8, 4) is 0 Å². The van der Waals surface area contributed by atoms with Gasteiger partial charge in [-0.2, -0.15) is 13.2 Å². The summed E-state index contributed by atoms with van der Waals surface area (Å²) in [6.07, 6.45) is -3.78. The van der Waals surface area contributed by atoms with E-state index in [4.69, 9.17) is 0 Å². The van der Waals surface area contributed by atoms with Gasteiger partial charge in [0.2, 0.25) is 11.8 Å². The van der Waals surface area contributed by atoms with Crippen molar-refractivity contribution in [2.24, 2.45) is 4.99 Å². The number of amides is 2. The van der Waals surface area contributed by atoms with Crippen LogP contribution in [-0.2, 0) is 28.7 Å². The van der Waals surface area contributed by atoms with Crippen LogP contribution in [0.2, 0.25) is 0 Å². The van der Waals surface area contributed by atoms with Gasteiger partial charge in [0, 0.05) is 13.0 Å². The molecule has 1 unspecified atom stereocenters. The molecule has 5 nitrogen and oxygen atoms in total. The molecule has 0 radical (unpaired) electrons. The van der Waals surface area contributed by atoms with E-state index in [0.29, 0.717) is 23.8 Å². The van der Waals surface area contributed by atoms with E-state index in [1.807, 2.05) is 60.7 Å². The zero-order chi connectivity index (χ0) is 25.5. The Kier molecular flexibility index (Phi) is 8.10. The second-order valence-electron chi connectivity index (χ2n) is 8.25. The smallest absolute Gasteiger partial charge is 0.356 e. The SMILES string of the molecule is O=C(CC1SC(=Nc2ccc(C(F)(F)F)cc2)N(Cc2ccccc2)C1=O)NCCc1ccccc1. The first-order valence-electron chi connectivity index (χ1n) is 11.4. The zero-order valence-corrected chi connectivity index (χ0v) is 20.1. The first-order chi connectivity index (χ1) is 17.3. The predicted octanol–water partition coefficient (Wildman–Crippen LogP) is 5.59. The molecule has 0 aliphatic carbocycles. The number of thioether (sulfide) groups is 1. The summed E-state index contributed by atoms with van der Waals surface area (Å²) in [4.78, 5) is 31.7. The average Bonchev–Trinajstić information content (AvgIpc) is 3.14. The van der Waals surface area contributed by atoms with Gasteiger partial charge in [-0.1, -0.05) is 72.4 Å². The molecule has 36 heavy (non-hydrogen) atoms. The number of alkyl halides is 3. The van der Waals surface area contributed by atoms with Crippen LogP contribution < -0.4 is 5.32 Å². The molecule has 3 aromatic rings. The highest BCUT2D eigenvalue weighted by atomic mass is 32.2. The van der Waals surface area contributed by atoms with Gasteiger partial charge in [0.15, 0.2) is 5.17 Å². The largest absolute Gasteiger partial charge is 0.416 e. The lowest BCUT2D eigenvalue weighted by Crippen LogP contribution is -2.34. The fourth-order valence-electron chi connectivity index (χ4n) is 3.70. The van der Waals surface area contributed by atoms with Crippen molar-refractivity contribution >= 4 is 34.4 Å². The van der Waals surface area contributed by atoms with Crippen LogP contribution in [-0.4, -0.2) is 33.7 Å². The van der Waals surface area contributed by atoms with E-state index >= 15 is 0 Å². The van der Waals surface area contributed by atoms with Gasteiger partial charge in [0.05, 0.1) is 17.8 Å². The normalized spacial score (nSPS) is 17.0. The molecular formula is C27H24F3N3O2S. The standard InChI is InChI=1S/C27H24F3N3O2S/c28-27(29,30)21-11-13-22(14-12-21)32-26-33(18-20-9-5-2-6-10-20)25(35)23(36-26)17-24(34)31-16-15-19-7-3-1-4-8-19/h1-14,23H,15-18H2,(H,31,34). The number of nitrogens with one attached hydrogen (secondary N) is 1. The van der Waals surface area contributed by atoms with Crippen LogP contribution in [0.5, 0.6) is 0 Å². The summed E-state index contributed by atoms with van der Waals surface area (Å²) < 4.78 is 38.7. The quantitative estimate of drug-likeness (QED) is 0.429. The highest BCUT2D eigenvalue weighted by molar-refractivity contribution is 8.15. The summed E-state index contributed by atoms with van der Waals surface area (Å²) in [6, 6.07) is 23.5. The molecule has 1 N–H and O–H groups in total. The number of halogens is 3. The number of nitrogens with zero attached hydrogens (tertiary/aromatic N) is 2.